The van der Waals surface area contributed by atoms with Gasteiger partial charge in [0.05, 0.1) is 6.54 Å². The second kappa shape index (κ2) is 5.64. The zero-order chi connectivity index (χ0) is 13.1. The van der Waals surface area contributed by atoms with Gasteiger partial charge in [0.2, 0.25) is 5.91 Å². The average Bonchev–Trinajstić information content (AvgIpc) is 2.92. The monoisotopic (exact) mass is 258 g/mol. The van der Waals surface area contributed by atoms with Crippen LogP contribution in [0.1, 0.15) is 37.7 Å². The van der Waals surface area contributed by atoms with Gasteiger partial charge in [0.15, 0.2) is 0 Å². The number of hydrogen-bond acceptors (Lipinski definition) is 2. The van der Waals surface area contributed by atoms with Gasteiger partial charge in [0.25, 0.3) is 0 Å². The van der Waals surface area contributed by atoms with Crippen LogP contribution in [0, 0.1) is 0 Å². The lowest BCUT2D eigenvalue weighted by molar-refractivity contribution is -0.120. The minimum atomic E-state index is 0.184. The van der Waals surface area contributed by atoms with Crippen molar-refractivity contribution in [3.63, 3.8) is 0 Å². The highest BCUT2D eigenvalue weighted by molar-refractivity contribution is 5.82. The van der Waals surface area contributed by atoms with Gasteiger partial charge < -0.3 is 10.2 Å². The molecule has 0 atom stereocenters. The molecule has 19 heavy (non-hydrogen) atoms. The first-order chi connectivity index (χ1) is 9.33. The van der Waals surface area contributed by atoms with Crippen LogP contribution in [0.4, 0.5) is 5.69 Å². The fraction of sp³-hybridized carbons (Fsp3) is 0.562. The van der Waals surface area contributed by atoms with Gasteiger partial charge >= 0.3 is 0 Å². The summed E-state index contributed by atoms with van der Waals surface area (Å²) in [6.07, 6.45) is 7.12. The fourth-order valence-corrected chi connectivity index (χ4v) is 3.29. The number of hydrogen-bond donors (Lipinski definition) is 1. The normalized spacial score (nSPS) is 19.3. The Hall–Kier alpha value is -1.51. The van der Waals surface area contributed by atoms with Crippen LogP contribution >= 0.6 is 0 Å². The van der Waals surface area contributed by atoms with Crippen molar-refractivity contribution in [2.75, 3.05) is 18.0 Å². The van der Waals surface area contributed by atoms with E-state index in [2.05, 4.69) is 34.5 Å². The zero-order valence-electron chi connectivity index (χ0n) is 11.4. The van der Waals surface area contributed by atoms with Crippen LogP contribution in [0.2, 0.25) is 0 Å². The molecule has 0 radical (unpaired) electrons. The van der Waals surface area contributed by atoms with Gasteiger partial charge in [-0.15, -0.1) is 0 Å². The van der Waals surface area contributed by atoms with Gasteiger partial charge in [0.1, 0.15) is 0 Å². The number of nitrogens with one attached hydrogen (secondary N) is 1. The minimum Gasteiger partial charge on any atom is -0.362 e. The molecule has 3 rings (SSSR count). The summed E-state index contributed by atoms with van der Waals surface area (Å²) in [5.74, 6) is 0.184. The maximum atomic E-state index is 12.1. The maximum absolute atomic E-state index is 12.1. The molecule has 0 saturated heterocycles. The molecule has 1 amide bonds. The zero-order valence-corrected chi connectivity index (χ0v) is 11.4. The van der Waals surface area contributed by atoms with E-state index in [1.807, 2.05) is 0 Å². The van der Waals surface area contributed by atoms with Crippen molar-refractivity contribution in [1.29, 1.82) is 0 Å². The van der Waals surface area contributed by atoms with Gasteiger partial charge in [-0.05, 0) is 37.3 Å². The van der Waals surface area contributed by atoms with E-state index >= 15 is 0 Å². The third kappa shape index (κ3) is 2.91. The molecule has 1 aliphatic heterocycles. The number of carbonyl (C=O) groups is 1. The Kier molecular flexibility index (Phi) is 3.72. The molecule has 1 aromatic rings. The standard InChI is InChI=1S/C16H22N2O/c19-16(17-14-8-2-3-9-14)12-18-11-5-7-13-6-1-4-10-15(13)18/h1,4,6,10,14H,2-3,5,7-9,11-12H2,(H,17,19). The Morgan fingerprint density at radius 3 is 2.84 bits per heavy atom. The molecule has 0 unspecified atom stereocenters. The molecule has 1 saturated carbocycles. The molecule has 1 fully saturated rings. The summed E-state index contributed by atoms with van der Waals surface area (Å²) in [5, 5.41) is 3.18. The molecule has 3 heteroatoms. The highest BCUT2D eigenvalue weighted by Crippen LogP contribution is 2.26. The van der Waals surface area contributed by atoms with Crippen molar-refractivity contribution in [1.82, 2.24) is 5.32 Å². The number of carbonyl (C=O) groups excluding carboxylic acids is 1. The van der Waals surface area contributed by atoms with Crippen molar-refractivity contribution in [3.05, 3.63) is 29.8 Å². The number of amides is 1. The Morgan fingerprint density at radius 1 is 1.21 bits per heavy atom. The second-order valence-electron chi connectivity index (χ2n) is 5.70. The highest BCUT2D eigenvalue weighted by atomic mass is 16.2. The molecular weight excluding hydrogens is 236 g/mol. The highest BCUT2D eigenvalue weighted by Gasteiger charge is 2.21. The topological polar surface area (TPSA) is 32.3 Å². The summed E-state index contributed by atoms with van der Waals surface area (Å²) in [7, 11) is 0. The van der Waals surface area contributed by atoms with Crippen molar-refractivity contribution in [3.8, 4) is 0 Å². The Labute approximate surface area is 115 Å². The van der Waals surface area contributed by atoms with Crippen molar-refractivity contribution in [2.45, 2.75) is 44.6 Å². The number of fused-ring (bicyclic) bond motifs is 1. The molecule has 0 spiro atoms. The summed E-state index contributed by atoms with van der Waals surface area (Å²) in [4.78, 5) is 14.3. The summed E-state index contributed by atoms with van der Waals surface area (Å²) < 4.78 is 0. The van der Waals surface area contributed by atoms with E-state index in [1.54, 1.807) is 0 Å². The second-order valence-corrected chi connectivity index (χ2v) is 5.70. The molecular formula is C16H22N2O. The number of anilines is 1. The molecule has 0 bridgehead atoms. The van der Waals surface area contributed by atoms with Gasteiger partial charge in [0, 0.05) is 18.3 Å². The molecule has 102 valence electrons. The number of benzene rings is 1. The quantitative estimate of drug-likeness (QED) is 0.903. The van der Waals surface area contributed by atoms with Crippen molar-refractivity contribution < 1.29 is 4.79 Å². The fourth-order valence-electron chi connectivity index (χ4n) is 3.29. The Morgan fingerprint density at radius 2 is 2.00 bits per heavy atom. The molecule has 2 aliphatic rings. The Balaban J connectivity index is 1.62. The average molecular weight is 258 g/mol. The van der Waals surface area contributed by atoms with E-state index < -0.39 is 0 Å². The molecule has 1 heterocycles. The van der Waals surface area contributed by atoms with E-state index in [9.17, 15) is 4.79 Å². The van der Waals surface area contributed by atoms with Crippen LogP contribution in [-0.2, 0) is 11.2 Å². The first-order valence-corrected chi connectivity index (χ1v) is 7.45. The van der Waals surface area contributed by atoms with E-state index in [4.69, 9.17) is 0 Å². The summed E-state index contributed by atoms with van der Waals surface area (Å²) in [5.41, 5.74) is 2.62. The maximum Gasteiger partial charge on any atom is 0.239 e. The third-order valence-corrected chi connectivity index (χ3v) is 4.26. The van der Waals surface area contributed by atoms with Crippen LogP contribution in [0.5, 0.6) is 0 Å². The van der Waals surface area contributed by atoms with Gasteiger partial charge in [-0.25, -0.2) is 0 Å². The SMILES string of the molecule is O=C(CN1CCCc2ccccc21)NC1CCCC1. The van der Waals surface area contributed by atoms with Crippen LogP contribution in [0.3, 0.4) is 0 Å². The number of rotatable bonds is 3. The summed E-state index contributed by atoms with van der Waals surface area (Å²) in [6.45, 7) is 1.50. The molecule has 1 aliphatic carbocycles. The van der Waals surface area contributed by atoms with Crippen molar-refractivity contribution in [2.24, 2.45) is 0 Å². The van der Waals surface area contributed by atoms with Crippen LogP contribution in [0.15, 0.2) is 24.3 Å². The lowest BCUT2D eigenvalue weighted by Crippen LogP contribution is -2.42. The summed E-state index contributed by atoms with van der Waals surface area (Å²) >= 11 is 0. The molecule has 1 aromatic carbocycles. The van der Waals surface area contributed by atoms with E-state index in [0.717, 1.165) is 32.2 Å². The number of nitrogens with zero attached hydrogens (tertiary/aromatic N) is 1. The first kappa shape index (κ1) is 12.5. The molecule has 1 N–H and O–H groups in total. The lowest BCUT2D eigenvalue weighted by atomic mass is 10.0. The largest absolute Gasteiger partial charge is 0.362 e. The molecule has 0 aromatic heterocycles. The first-order valence-electron chi connectivity index (χ1n) is 7.45. The van der Waals surface area contributed by atoms with Gasteiger partial charge in [-0.3, -0.25) is 4.79 Å². The Bertz CT molecular complexity index is 452. The summed E-state index contributed by atoms with van der Waals surface area (Å²) in [6, 6.07) is 8.88. The molecule has 3 nitrogen and oxygen atoms in total. The number of para-hydroxylation sites is 1. The minimum absolute atomic E-state index is 0.184. The predicted octanol–water partition coefficient (Wildman–Crippen LogP) is 2.50. The smallest absolute Gasteiger partial charge is 0.239 e. The van der Waals surface area contributed by atoms with Crippen LogP contribution < -0.4 is 10.2 Å². The lowest BCUT2D eigenvalue weighted by Gasteiger charge is -2.31. The van der Waals surface area contributed by atoms with Crippen LogP contribution in [0.25, 0.3) is 0 Å². The third-order valence-electron chi connectivity index (χ3n) is 4.26. The van der Waals surface area contributed by atoms with Crippen LogP contribution in [-0.4, -0.2) is 25.0 Å². The predicted molar refractivity (Wildman–Crippen MR) is 77.4 cm³/mol. The number of aryl methyl sites for hydroxylation is 1. The van der Waals surface area contributed by atoms with Crippen molar-refractivity contribution >= 4 is 11.6 Å². The van der Waals surface area contributed by atoms with Gasteiger partial charge in [-0.2, -0.15) is 0 Å². The van der Waals surface area contributed by atoms with E-state index in [-0.39, 0.29) is 5.91 Å². The van der Waals surface area contributed by atoms with E-state index in [0.29, 0.717) is 12.6 Å². The van der Waals surface area contributed by atoms with Gasteiger partial charge in [-0.1, -0.05) is 31.0 Å². The van der Waals surface area contributed by atoms with E-state index in [1.165, 1.54) is 24.1 Å².